The van der Waals surface area contributed by atoms with E-state index in [-0.39, 0.29) is 6.04 Å². The van der Waals surface area contributed by atoms with Crippen LogP contribution in [0.25, 0.3) is 0 Å². The molecule has 0 amide bonds. The van der Waals surface area contributed by atoms with Crippen LogP contribution in [0, 0.1) is 19.8 Å². The standard InChI is InChI=1S/C15H24N2O2S/c1-11(2)15-10-17(8-7-16-15)20(18,19)14-6-5-12(3)13(4)9-14/h5-6,9,11,15-16H,7-8,10H2,1-4H3. The summed E-state index contributed by atoms with van der Waals surface area (Å²) in [4.78, 5) is 0.407. The summed E-state index contributed by atoms with van der Waals surface area (Å²) < 4.78 is 27.0. The van der Waals surface area contributed by atoms with Crippen molar-refractivity contribution in [1.29, 1.82) is 0 Å². The molecule has 1 fully saturated rings. The first-order valence-electron chi connectivity index (χ1n) is 7.13. The molecule has 0 saturated carbocycles. The van der Waals surface area contributed by atoms with E-state index in [4.69, 9.17) is 0 Å². The van der Waals surface area contributed by atoms with E-state index < -0.39 is 10.0 Å². The van der Waals surface area contributed by atoms with Crippen LogP contribution in [0.5, 0.6) is 0 Å². The molecule has 5 heteroatoms. The molecule has 1 heterocycles. The van der Waals surface area contributed by atoms with Gasteiger partial charge in [-0.1, -0.05) is 19.9 Å². The lowest BCUT2D eigenvalue weighted by molar-refractivity contribution is 0.256. The first-order valence-corrected chi connectivity index (χ1v) is 8.57. The number of sulfonamides is 1. The molecule has 20 heavy (non-hydrogen) atoms. The van der Waals surface area contributed by atoms with Crippen LogP contribution in [0.1, 0.15) is 25.0 Å². The lowest BCUT2D eigenvalue weighted by Gasteiger charge is -2.35. The zero-order chi connectivity index (χ0) is 14.9. The number of benzene rings is 1. The smallest absolute Gasteiger partial charge is 0.243 e. The fourth-order valence-corrected chi connectivity index (χ4v) is 3.99. The van der Waals surface area contributed by atoms with Gasteiger partial charge in [0, 0.05) is 25.7 Å². The molecule has 0 aliphatic carbocycles. The Morgan fingerprint density at radius 2 is 1.95 bits per heavy atom. The number of aryl methyl sites for hydroxylation is 2. The second-order valence-electron chi connectivity index (χ2n) is 5.91. The van der Waals surface area contributed by atoms with Gasteiger partial charge in [-0.25, -0.2) is 8.42 Å². The van der Waals surface area contributed by atoms with E-state index in [9.17, 15) is 8.42 Å². The Balaban J connectivity index is 2.27. The lowest BCUT2D eigenvalue weighted by Crippen LogP contribution is -2.54. The Morgan fingerprint density at radius 1 is 1.25 bits per heavy atom. The molecule has 0 bridgehead atoms. The fourth-order valence-electron chi connectivity index (χ4n) is 2.44. The second-order valence-corrected chi connectivity index (χ2v) is 7.85. The van der Waals surface area contributed by atoms with Crippen molar-refractivity contribution in [2.24, 2.45) is 5.92 Å². The van der Waals surface area contributed by atoms with Crippen molar-refractivity contribution in [2.45, 2.75) is 38.6 Å². The zero-order valence-electron chi connectivity index (χ0n) is 12.7. The Bertz CT molecular complexity index is 582. The van der Waals surface area contributed by atoms with E-state index in [0.717, 1.165) is 11.1 Å². The normalized spacial score (nSPS) is 21.4. The van der Waals surface area contributed by atoms with Crippen LogP contribution in [0.15, 0.2) is 23.1 Å². The van der Waals surface area contributed by atoms with Gasteiger partial charge in [-0.05, 0) is 43.0 Å². The largest absolute Gasteiger partial charge is 0.311 e. The molecule has 1 aliphatic rings. The molecule has 0 spiro atoms. The maximum atomic E-state index is 12.7. The molecule has 1 N–H and O–H groups in total. The van der Waals surface area contributed by atoms with Crippen LogP contribution in [0.3, 0.4) is 0 Å². The molecule has 1 aromatic carbocycles. The van der Waals surface area contributed by atoms with E-state index in [2.05, 4.69) is 19.2 Å². The fraction of sp³-hybridized carbons (Fsp3) is 0.600. The van der Waals surface area contributed by atoms with Crippen LogP contribution in [0.4, 0.5) is 0 Å². The van der Waals surface area contributed by atoms with Crippen molar-refractivity contribution in [3.8, 4) is 0 Å². The molecule has 1 unspecified atom stereocenters. The van der Waals surface area contributed by atoms with Crippen molar-refractivity contribution in [1.82, 2.24) is 9.62 Å². The van der Waals surface area contributed by atoms with Gasteiger partial charge in [0.05, 0.1) is 4.90 Å². The number of piperazine rings is 1. The highest BCUT2D eigenvalue weighted by molar-refractivity contribution is 7.89. The molecular formula is C15H24N2O2S. The van der Waals surface area contributed by atoms with Crippen molar-refractivity contribution >= 4 is 10.0 Å². The van der Waals surface area contributed by atoms with Gasteiger partial charge in [-0.15, -0.1) is 0 Å². The molecule has 1 aromatic rings. The average Bonchev–Trinajstić information content (AvgIpc) is 2.42. The Hall–Kier alpha value is -0.910. The van der Waals surface area contributed by atoms with Crippen LogP contribution in [-0.2, 0) is 10.0 Å². The number of hydrogen-bond donors (Lipinski definition) is 1. The highest BCUT2D eigenvalue weighted by Crippen LogP contribution is 2.21. The summed E-state index contributed by atoms with van der Waals surface area (Å²) in [5.74, 6) is 0.424. The van der Waals surface area contributed by atoms with Gasteiger partial charge >= 0.3 is 0 Å². The predicted molar refractivity (Wildman–Crippen MR) is 81.3 cm³/mol. The predicted octanol–water partition coefficient (Wildman–Crippen LogP) is 1.92. The third-order valence-electron chi connectivity index (χ3n) is 4.09. The minimum atomic E-state index is -3.37. The summed E-state index contributed by atoms with van der Waals surface area (Å²) >= 11 is 0. The van der Waals surface area contributed by atoms with Crippen molar-refractivity contribution in [3.63, 3.8) is 0 Å². The third kappa shape index (κ3) is 3.05. The van der Waals surface area contributed by atoms with Gasteiger partial charge in [0.25, 0.3) is 0 Å². The number of rotatable bonds is 3. The molecular weight excluding hydrogens is 272 g/mol. The van der Waals surface area contributed by atoms with Crippen LogP contribution in [0.2, 0.25) is 0 Å². The summed E-state index contributed by atoms with van der Waals surface area (Å²) in [6.07, 6.45) is 0. The first-order chi connectivity index (χ1) is 9.32. The van der Waals surface area contributed by atoms with Crippen molar-refractivity contribution < 1.29 is 8.42 Å². The SMILES string of the molecule is Cc1ccc(S(=O)(=O)N2CCNC(C(C)C)C2)cc1C. The molecule has 112 valence electrons. The van der Waals surface area contributed by atoms with Gasteiger partial charge in [-0.2, -0.15) is 4.31 Å². The quantitative estimate of drug-likeness (QED) is 0.927. The summed E-state index contributed by atoms with van der Waals surface area (Å²) in [7, 11) is -3.37. The third-order valence-corrected chi connectivity index (χ3v) is 5.95. The van der Waals surface area contributed by atoms with E-state index >= 15 is 0 Å². The van der Waals surface area contributed by atoms with E-state index in [1.807, 2.05) is 19.9 Å². The maximum Gasteiger partial charge on any atom is 0.243 e. The molecule has 1 aliphatic heterocycles. The number of nitrogens with one attached hydrogen (secondary N) is 1. The number of hydrogen-bond acceptors (Lipinski definition) is 3. The summed E-state index contributed by atoms with van der Waals surface area (Å²) in [5, 5.41) is 3.39. The van der Waals surface area contributed by atoms with E-state index in [1.165, 1.54) is 0 Å². The minimum absolute atomic E-state index is 0.227. The van der Waals surface area contributed by atoms with Gasteiger partial charge < -0.3 is 5.32 Å². The molecule has 4 nitrogen and oxygen atoms in total. The van der Waals surface area contributed by atoms with Crippen molar-refractivity contribution in [2.75, 3.05) is 19.6 Å². The minimum Gasteiger partial charge on any atom is -0.311 e. The van der Waals surface area contributed by atoms with E-state index in [1.54, 1.807) is 16.4 Å². The van der Waals surface area contributed by atoms with E-state index in [0.29, 0.717) is 30.4 Å². The highest BCUT2D eigenvalue weighted by Gasteiger charge is 2.31. The van der Waals surface area contributed by atoms with Gasteiger partial charge in [0.1, 0.15) is 0 Å². The Morgan fingerprint density at radius 3 is 2.55 bits per heavy atom. The van der Waals surface area contributed by atoms with Gasteiger partial charge in [0.15, 0.2) is 0 Å². The van der Waals surface area contributed by atoms with Crippen LogP contribution >= 0.6 is 0 Å². The molecule has 1 atom stereocenters. The summed E-state index contributed by atoms with van der Waals surface area (Å²) in [6.45, 7) is 9.97. The zero-order valence-corrected chi connectivity index (χ0v) is 13.5. The first kappa shape index (κ1) is 15.5. The Kier molecular flexibility index (Phi) is 4.52. The van der Waals surface area contributed by atoms with Crippen LogP contribution < -0.4 is 5.32 Å². The molecule has 0 radical (unpaired) electrons. The van der Waals surface area contributed by atoms with Crippen LogP contribution in [-0.4, -0.2) is 38.4 Å². The summed E-state index contributed by atoms with van der Waals surface area (Å²) in [6, 6.07) is 5.59. The second kappa shape index (κ2) is 5.84. The lowest BCUT2D eigenvalue weighted by atomic mass is 10.0. The van der Waals surface area contributed by atoms with Gasteiger partial charge in [-0.3, -0.25) is 0 Å². The molecule has 2 rings (SSSR count). The number of nitrogens with zero attached hydrogens (tertiary/aromatic N) is 1. The summed E-state index contributed by atoms with van der Waals surface area (Å²) in [5.41, 5.74) is 2.13. The van der Waals surface area contributed by atoms with Gasteiger partial charge in [0.2, 0.25) is 10.0 Å². The monoisotopic (exact) mass is 296 g/mol. The van der Waals surface area contributed by atoms with Crippen molar-refractivity contribution in [3.05, 3.63) is 29.3 Å². The molecule has 0 aromatic heterocycles. The Labute approximate surface area is 122 Å². The highest BCUT2D eigenvalue weighted by atomic mass is 32.2. The molecule has 1 saturated heterocycles. The maximum absolute atomic E-state index is 12.7. The average molecular weight is 296 g/mol. The topological polar surface area (TPSA) is 49.4 Å².